The number of carbonyl (C=O) groups is 1. The fraction of sp³-hybridized carbons (Fsp3) is 0.889. The molecule has 0 aliphatic carbocycles. The summed E-state index contributed by atoms with van der Waals surface area (Å²) in [6.07, 6.45) is 0.555. The first-order valence-electron chi connectivity index (χ1n) is 4.21. The Morgan fingerprint density at radius 2 is 2.00 bits per heavy atom. The van der Waals surface area contributed by atoms with Crippen molar-refractivity contribution in [3.05, 3.63) is 0 Å². The van der Waals surface area contributed by atoms with Gasteiger partial charge in [0.15, 0.2) is 0 Å². The number of nitrogens with zero attached hydrogens (tertiary/aromatic N) is 1. The van der Waals surface area contributed by atoms with Gasteiger partial charge in [0.1, 0.15) is 5.78 Å². The van der Waals surface area contributed by atoms with Gasteiger partial charge in [-0.15, -0.1) is 0 Å². The van der Waals surface area contributed by atoms with E-state index in [0.29, 0.717) is 13.0 Å². The molecule has 0 unspecified atom stereocenters. The maximum Gasteiger partial charge on any atom is 0.131 e. The molecular weight excluding hydrogens is 154 g/mol. The number of rotatable bonds is 5. The van der Waals surface area contributed by atoms with E-state index in [0.717, 1.165) is 0 Å². The van der Waals surface area contributed by atoms with Crippen LogP contribution in [0.2, 0.25) is 0 Å². The molecule has 0 rings (SSSR count). The van der Waals surface area contributed by atoms with E-state index in [1.54, 1.807) is 6.92 Å². The van der Waals surface area contributed by atoms with Gasteiger partial charge < -0.3 is 5.11 Å². The molecule has 1 N–H and O–H groups in total. The van der Waals surface area contributed by atoms with Gasteiger partial charge in [-0.25, -0.2) is 0 Å². The average molecular weight is 173 g/mol. The molecule has 0 aromatic rings. The van der Waals surface area contributed by atoms with Crippen LogP contribution in [0.4, 0.5) is 0 Å². The van der Waals surface area contributed by atoms with Crippen LogP contribution >= 0.6 is 0 Å². The van der Waals surface area contributed by atoms with Crippen molar-refractivity contribution in [3.63, 3.8) is 0 Å². The zero-order chi connectivity index (χ0) is 9.78. The van der Waals surface area contributed by atoms with Crippen LogP contribution in [0.25, 0.3) is 0 Å². The van der Waals surface area contributed by atoms with Crippen LogP contribution in [-0.4, -0.2) is 41.5 Å². The summed E-state index contributed by atoms with van der Waals surface area (Å²) in [5.41, 5.74) is -0.227. The van der Waals surface area contributed by atoms with Crippen molar-refractivity contribution >= 4 is 5.78 Å². The molecule has 12 heavy (non-hydrogen) atoms. The highest BCUT2D eigenvalue weighted by Crippen LogP contribution is 2.10. The highest BCUT2D eigenvalue weighted by atomic mass is 16.3. The maximum atomic E-state index is 10.7. The van der Waals surface area contributed by atoms with Gasteiger partial charge in [0, 0.05) is 18.5 Å². The summed E-state index contributed by atoms with van der Waals surface area (Å²) in [4.78, 5) is 12.7. The normalized spacial score (nSPS) is 12.2. The number of hydrogen-bond donors (Lipinski definition) is 1. The third-order valence-corrected chi connectivity index (χ3v) is 2.22. The lowest BCUT2D eigenvalue weighted by Gasteiger charge is -2.33. The van der Waals surface area contributed by atoms with Crippen molar-refractivity contribution in [2.24, 2.45) is 0 Å². The molecule has 0 fully saturated rings. The highest BCUT2D eigenvalue weighted by molar-refractivity contribution is 5.75. The van der Waals surface area contributed by atoms with E-state index in [1.807, 2.05) is 25.8 Å². The lowest BCUT2D eigenvalue weighted by atomic mass is 10.0. The minimum Gasteiger partial charge on any atom is -0.394 e. The van der Waals surface area contributed by atoms with E-state index in [1.165, 1.54) is 0 Å². The second-order valence-electron chi connectivity index (χ2n) is 3.84. The summed E-state index contributed by atoms with van der Waals surface area (Å²) in [7, 11) is 1.92. The number of Topliss-reactive ketones (excluding diaryl/α,β-unsaturated/α-hetero) is 1. The Labute approximate surface area is 74.4 Å². The van der Waals surface area contributed by atoms with Crippen molar-refractivity contribution in [2.45, 2.75) is 32.7 Å². The maximum absolute atomic E-state index is 10.7. The Bertz CT molecular complexity index is 155. The molecule has 0 aliphatic rings. The van der Waals surface area contributed by atoms with Crippen LogP contribution in [0.1, 0.15) is 27.2 Å². The molecule has 0 bridgehead atoms. The summed E-state index contributed by atoms with van der Waals surface area (Å²) in [6.45, 7) is 6.31. The van der Waals surface area contributed by atoms with Crippen molar-refractivity contribution in [1.29, 1.82) is 0 Å². The largest absolute Gasteiger partial charge is 0.394 e. The van der Waals surface area contributed by atoms with E-state index in [4.69, 9.17) is 5.11 Å². The molecule has 0 amide bonds. The second kappa shape index (κ2) is 4.58. The second-order valence-corrected chi connectivity index (χ2v) is 3.84. The molecule has 0 aromatic carbocycles. The van der Waals surface area contributed by atoms with Gasteiger partial charge in [0.25, 0.3) is 0 Å². The molecule has 0 saturated carbocycles. The van der Waals surface area contributed by atoms with Gasteiger partial charge in [-0.05, 0) is 27.8 Å². The van der Waals surface area contributed by atoms with Crippen LogP contribution < -0.4 is 0 Å². The standard InChI is InChI=1S/C9H19NO2/c1-8(12)5-6-10(4)9(2,3)7-11/h11H,5-7H2,1-4H3. The molecule has 0 aromatic heterocycles. The fourth-order valence-electron chi connectivity index (χ4n) is 0.749. The fourth-order valence-corrected chi connectivity index (χ4v) is 0.749. The Morgan fingerprint density at radius 1 is 1.50 bits per heavy atom. The molecule has 3 nitrogen and oxygen atoms in total. The van der Waals surface area contributed by atoms with Gasteiger partial charge >= 0.3 is 0 Å². The number of carbonyl (C=O) groups excluding carboxylic acids is 1. The monoisotopic (exact) mass is 173 g/mol. The first-order valence-corrected chi connectivity index (χ1v) is 4.21. The van der Waals surface area contributed by atoms with Crippen molar-refractivity contribution in [1.82, 2.24) is 4.90 Å². The first kappa shape index (κ1) is 11.6. The van der Waals surface area contributed by atoms with Crippen molar-refractivity contribution in [3.8, 4) is 0 Å². The highest BCUT2D eigenvalue weighted by Gasteiger charge is 2.21. The molecule has 3 heteroatoms. The number of aliphatic hydroxyl groups excluding tert-OH is 1. The predicted octanol–water partition coefficient (Wildman–Crippen LogP) is 0.668. The van der Waals surface area contributed by atoms with E-state index < -0.39 is 0 Å². The summed E-state index contributed by atoms with van der Waals surface area (Å²) in [6, 6.07) is 0. The third-order valence-electron chi connectivity index (χ3n) is 2.22. The first-order chi connectivity index (χ1) is 5.40. The SMILES string of the molecule is CC(=O)CCN(C)C(C)(C)CO. The molecular formula is C9H19NO2. The van der Waals surface area contributed by atoms with Gasteiger partial charge in [-0.1, -0.05) is 0 Å². The molecule has 72 valence electrons. The number of ketones is 1. The molecule has 0 spiro atoms. The lowest BCUT2D eigenvalue weighted by Crippen LogP contribution is -2.44. The Morgan fingerprint density at radius 3 is 2.33 bits per heavy atom. The lowest BCUT2D eigenvalue weighted by molar-refractivity contribution is -0.117. The number of hydrogen-bond acceptors (Lipinski definition) is 3. The zero-order valence-corrected chi connectivity index (χ0v) is 8.42. The molecule has 0 aliphatic heterocycles. The van der Waals surface area contributed by atoms with Crippen LogP contribution in [0, 0.1) is 0 Å². The van der Waals surface area contributed by atoms with Gasteiger partial charge in [0.2, 0.25) is 0 Å². The molecule has 0 radical (unpaired) electrons. The van der Waals surface area contributed by atoms with Crippen LogP contribution in [0.5, 0.6) is 0 Å². The van der Waals surface area contributed by atoms with Crippen molar-refractivity contribution in [2.75, 3.05) is 20.2 Å². The van der Waals surface area contributed by atoms with E-state index in [-0.39, 0.29) is 17.9 Å². The molecule has 0 heterocycles. The Balaban J connectivity index is 3.86. The Kier molecular flexibility index (Phi) is 4.42. The topological polar surface area (TPSA) is 40.5 Å². The summed E-state index contributed by atoms with van der Waals surface area (Å²) in [5, 5.41) is 9.00. The molecule has 0 saturated heterocycles. The Hall–Kier alpha value is -0.410. The average Bonchev–Trinajstić information content (AvgIpc) is 2.00. The zero-order valence-electron chi connectivity index (χ0n) is 8.42. The van der Waals surface area contributed by atoms with Crippen LogP contribution in [0.15, 0.2) is 0 Å². The van der Waals surface area contributed by atoms with Crippen LogP contribution in [-0.2, 0) is 4.79 Å². The van der Waals surface area contributed by atoms with Gasteiger partial charge in [-0.3, -0.25) is 9.69 Å². The van der Waals surface area contributed by atoms with Gasteiger partial charge in [0.05, 0.1) is 6.61 Å². The number of aliphatic hydroxyl groups is 1. The van der Waals surface area contributed by atoms with Crippen LogP contribution in [0.3, 0.4) is 0 Å². The summed E-state index contributed by atoms with van der Waals surface area (Å²) >= 11 is 0. The number of likely N-dealkylation sites (N-methyl/N-ethyl adjacent to an activating group) is 1. The van der Waals surface area contributed by atoms with Crippen molar-refractivity contribution < 1.29 is 9.90 Å². The van der Waals surface area contributed by atoms with E-state index in [9.17, 15) is 4.79 Å². The predicted molar refractivity (Wildman–Crippen MR) is 49.1 cm³/mol. The quantitative estimate of drug-likeness (QED) is 0.664. The molecule has 0 atom stereocenters. The minimum atomic E-state index is -0.227. The minimum absolute atomic E-state index is 0.113. The van der Waals surface area contributed by atoms with E-state index >= 15 is 0 Å². The van der Waals surface area contributed by atoms with E-state index in [2.05, 4.69) is 0 Å². The summed E-state index contributed by atoms with van der Waals surface area (Å²) in [5.74, 6) is 0.190. The van der Waals surface area contributed by atoms with Gasteiger partial charge in [-0.2, -0.15) is 0 Å². The third kappa shape index (κ3) is 3.83. The smallest absolute Gasteiger partial charge is 0.131 e. The summed E-state index contributed by atoms with van der Waals surface area (Å²) < 4.78 is 0.